The molecule has 7 heteroatoms. The lowest BCUT2D eigenvalue weighted by Gasteiger charge is -2.25. The van der Waals surface area contributed by atoms with Gasteiger partial charge in [0.1, 0.15) is 6.04 Å². The van der Waals surface area contributed by atoms with Gasteiger partial charge in [0.15, 0.2) is 0 Å². The average Bonchev–Trinajstić information content (AvgIpc) is 2.20. The molecule has 0 radical (unpaired) electrons. The van der Waals surface area contributed by atoms with Gasteiger partial charge in [-0.2, -0.15) is 0 Å². The number of urea groups is 1. The standard InChI is InChI=1S/C11H18N2O5/c14-9(15)6-8(10(16)17)13-11(18)12-5-4-7-2-1-3-7/h7-8H,1-6H2,(H,14,15)(H,16,17)(H2,12,13,18)/t8-/m1/s1. The molecule has 18 heavy (non-hydrogen) atoms. The van der Waals surface area contributed by atoms with Gasteiger partial charge in [-0.25, -0.2) is 9.59 Å². The first kappa shape index (κ1) is 14.3. The molecular weight excluding hydrogens is 240 g/mol. The van der Waals surface area contributed by atoms with Crippen molar-refractivity contribution in [2.24, 2.45) is 5.92 Å². The van der Waals surface area contributed by atoms with Gasteiger partial charge >= 0.3 is 18.0 Å². The van der Waals surface area contributed by atoms with Crippen LogP contribution in [0, 0.1) is 5.92 Å². The molecule has 0 aromatic heterocycles. The topological polar surface area (TPSA) is 116 Å². The molecule has 1 rings (SSSR count). The maximum absolute atomic E-state index is 11.3. The highest BCUT2D eigenvalue weighted by Gasteiger charge is 2.23. The highest BCUT2D eigenvalue weighted by atomic mass is 16.4. The van der Waals surface area contributed by atoms with E-state index in [1.165, 1.54) is 19.3 Å². The van der Waals surface area contributed by atoms with Crippen LogP contribution in [0.2, 0.25) is 0 Å². The van der Waals surface area contributed by atoms with Crippen LogP contribution < -0.4 is 10.6 Å². The van der Waals surface area contributed by atoms with Gasteiger partial charge in [-0.3, -0.25) is 4.79 Å². The summed E-state index contributed by atoms with van der Waals surface area (Å²) in [5.74, 6) is -1.97. The van der Waals surface area contributed by atoms with Crippen molar-refractivity contribution >= 4 is 18.0 Å². The van der Waals surface area contributed by atoms with E-state index in [4.69, 9.17) is 10.2 Å². The molecule has 1 aliphatic rings. The fourth-order valence-corrected chi connectivity index (χ4v) is 1.76. The first-order chi connectivity index (χ1) is 8.49. The molecule has 0 spiro atoms. The molecule has 0 aromatic rings. The van der Waals surface area contributed by atoms with Crippen LogP contribution in [0.15, 0.2) is 0 Å². The summed E-state index contributed by atoms with van der Waals surface area (Å²) < 4.78 is 0. The number of hydrogen-bond donors (Lipinski definition) is 4. The number of nitrogens with one attached hydrogen (secondary N) is 2. The molecule has 0 saturated heterocycles. The minimum absolute atomic E-state index is 0.482. The van der Waals surface area contributed by atoms with E-state index in [2.05, 4.69) is 10.6 Å². The minimum atomic E-state index is -1.40. The summed E-state index contributed by atoms with van der Waals surface area (Å²) in [6.45, 7) is 0.482. The third-order valence-corrected chi connectivity index (χ3v) is 3.05. The molecule has 2 amide bonds. The zero-order chi connectivity index (χ0) is 13.5. The van der Waals surface area contributed by atoms with E-state index < -0.39 is 30.4 Å². The summed E-state index contributed by atoms with van der Waals surface area (Å²) >= 11 is 0. The van der Waals surface area contributed by atoms with Gasteiger partial charge in [-0.05, 0) is 12.3 Å². The van der Waals surface area contributed by atoms with Crippen LogP contribution in [-0.2, 0) is 9.59 Å². The Morgan fingerprint density at radius 1 is 1.22 bits per heavy atom. The Hall–Kier alpha value is -1.79. The van der Waals surface area contributed by atoms with Crippen molar-refractivity contribution in [2.45, 2.75) is 38.1 Å². The third-order valence-electron chi connectivity index (χ3n) is 3.05. The highest BCUT2D eigenvalue weighted by molar-refractivity contribution is 5.86. The summed E-state index contributed by atoms with van der Waals surface area (Å²) in [6.07, 6.45) is 3.84. The summed E-state index contributed by atoms with van der Waals surface area (Å²) in [6, 6.07) is -2.03. The fourth-order valence-electron chi connectivity index (χ4n) is 1.76. The van der Waals surface area contributed by atoms with Gasteiger partial charge in [-0.1, -0.05) is 19.3 Å². The Morgan fingerprint density at radius 3 is 2.33 bits per heavy atom. The van der Waals surface area contributed by atoms with E-state index in [1.807, 2.05) is 0 Å². The number of carbonyl (C=O) groups excluding carboxylic acids is 1. The summed E-state index contributed by atoms with van der Waals surface area (Å²) in [4.78, 5) is 32.5. The summed E-state index contributed by atoms with van der Waals surface area (Å²) in [5, 5.41) is 21.9. The van der Waals surface area contributed by atoms with Gasteiger partial charge in [0.05, 0.1) is 6.42 Å². The normalized spacial score (nSPS) is 16.4. The van der Waals surface area contributed by atoms with E-state index in [0.717, 1.165) is 6.42 Å². The van der Waals surface area contributed by atoms with Crippen LogP contribution in [0.1, 0.15) is 32.1 Å². The number of amides is 2. The Bertz CT molecular complexity index is 327. The quantitative estimate of drug-likeness (QED) is 0.527. The van der Waals surface area contributed by atoms with Crippen molar-refractivity contribution in [1.29, 1.82) is 0 Å². The van der Waals surface area contributed by atoms with Crippen molar-refractivity contribution in [2.75, 3.05) is 6.54 Å². The average molecular weight is 258 g/mol. The van der Waals surface area contributed by atoms with Gasteiger partial charge in [0, 0.05) is 6.54 Å². The van der Waals surface area contributed by atoms with Crippen LogP contribution in [0.4, 0.5) is 4.79 Å². The van der Waals surface area contributed by atoms with E-state index in [0.29, 0.717) is 12.5 Å². The predicted molar refractivity (Wildman–Crippen MR) is 62.2 cm³/mol. The lowest BCUT2D eigenvalue weighted by atomic mass is 9.83. The number of hydrogen-bond acceptors (Lipinski definition) is 3. The van der Waals surface area contributed by atoms with Crippen molar-refractivity contribution in [3.05, 3.63) is 0 Å². The van der Waals surface area contributed by atoms with Gasteiger partial charge < -0.3 is 20.8 Å². The number of rotatable bonds is 7. The van der Waals surface area contributed by atoms with Crippen LogP contribution in [0.5, 0.6) is 0 Å². The van der Waals surface area contributed by atoms with Crippen molar-refractivity contribution < 1.29 is 24.6 Å². The van der Waals surface area contributed by atoms with Gasteiger partial charge in [-0.15, -0.1) is 0 Å². The van der Waals surface area contributed by atoms with Crippen LogP contribution in [0.25, 0.3) is 0 Å². The number of aliphatic carboxylic acids is 2. The second kappa shape index (κ2) is 6.83. The largest absolute Gasteiger partial charge is 0.481 e. The lowest BCUT2D eigenvalue weighted by Crippen LogP contribution is -2.47. The van der Waals surface area contributed by atoms with Crippen LogP contribution >= 0.6 is 0 Å². The molecule has 102 valence electrons. The third kappa shape index (κ3) is 5.03. The van der Waals surface area contributed by atoms with E-state index in [1.54, 1.807) is 0 Å². The van der Waals surface area contributed by atoms with Crippen LogP contribution in [-0.4, -0.2) is 40.8 Å². The summed E-state index contributed by atoms with van der Waals surface area (Å²) in [5.41, 5.74) is 0. The second-order valence-electron chi connectivity index (χ2n) is 4.47. The zero-order valence-electron chi connectivity index (χ0n) is 10.0. The molecule has 4 N–H and O–H groups in total. The van der Waals surface area contributed by atoms with E-state index >= 15 is 0 Å². The molecule has 0 aliphatic heterocycles. The van der Waals surface area contributed by atoms with Crippen LogP contribution in [0.3, 0.4) is 0 Å². The summed E-state index contributed by atoms with van der Waals surface area (Å²) in [7, 11) is 0. The number of carbonyl (C=O) groups is 3. The zero-order valence-corrected chi connectivity index (χ0v) is 10.0. The van der Waals surface area contributed by atoms with Crippen molar-refractivity contribution in [3.63, 3.8) is 0 Å². The maximum Gasteiger partial charge on any atom is 0.326 e. The predicted octanol–water partition coefficient (Wildman–Crippen LogP) is 0.404. The Kier molecular flexibility index (Phi) is 5.41. The highest BCUT2D eigenvalue weighted by Crippen LogP contribution is 2.28. The molecule has 7 nitrogen and oxygen atoms in total. The molecule has 1 fully saturated rings. The smallest absolute Gasteiger partial charge is 0.326 e. The Morgan fingerprint density at radius 2 is 1.89 bits per heavy atom. The molecule has 0 aromatic carbocycles. The number of carboxylic acids is 2. The molecule has 1 atom stereocenters. The monoisotopic (exact) mass is 258 g/mol. The molecular formula is C11H18N2O5. The van der Waals surface area contributed by atoms with Crippen molar-refractivity contribution in [1.82, 2.24) is 10.6 Å². The second-order valence-corrected chi connectivity index (χ2v) is 4.47. The van der Waals surface area contributed by atoms with Gasteiger partial charge in [0.2, 0.25) is 0 Å². The number of carboxylic acid groups (broad SMARTS) is 2. The fraction of sp³-hybridized carbons (Fsp3) is 0.727. The molecule has 1 aliphatic carbocycles. The van der Waals surface area contributed by atoms with Crippen molar-refractivity contribution in [3.8, 4) is 0 Å². The van der Waals surface area contributed by atoms with E-state index in [-0.39, 0.29) is 0 Å². The first-order valence-electron chi connectivity index (χ1n) is 5.98. The molecule has 0 unspecified atom stereocenters. The Balaban J connectivity index is 2.22. The minimum Gasteiger partial charge on any atom is -0.481 e. The SMILES string of the molecule is O=C(O)C[C@@H](NC(=O)NCCC1CCC1)C(=O)O. The molecule has 1 saturated carbocycles. The molecule has 0 bridgehead atoms. The maximum atomic E-state index is 11.3. The first-order valence-corrected chi connectivity index (χ1v) is 5.98. The lowest BCUT2D eigenvalue weighted by molar-refractivity contribution is -0.145. The molecule has 0 heterocycles. The Labute approximate surface area is 105 Å². The van der Waals surface area contributed by atoms with E-state index in [9.17, 15) is 14.4 Å². The van der Waals surface area contributed by atoms with Gasteiger partial charge in [0.25, 0.3) is 0 Å².